The minimum Gasteiger partial charge on any atom is -0.292 e. The van der Waals surface area contributed by atoms with Crippen molar-refractivity contribution in [3.63, 3.8) is 0 Å². The molecule has 0 spiro atoms. The molecule has 3 fully saturated rings. The van der Waals surface area contributed by atoms with E-state index in [1.54, 1.807) is 0 Å². The highest BCUT2D eigenvalue weighted by atomic mass is 32.2. The minimum absolute atomic E-state index is 0.517. The van der Waals surface area contributed by atoms with Crippen LogP contribution in [-0.2, 0) is 0 Å². The molecule has 0 radical (unpaired) electrons. The van der Waals surface area contributed by atoms with Crippen LogP contribution in [0.4, 0.5) is 0 Å². The lowest BCUT2D eigenvalue weighted by Gasteiger charge is -2.38. The summed E-state index contributed by atoms with van der Waals surface area (Å²) in [5.41, 5.74) is 0.517. The van der Waals surface area contributed by atoms with Crippen LogP contribution in [0.5, 0.6) is 0 Å². The van der Waals surface area contributed by atoms with Crippen molar-refractivity contribution < 1.29 is 0 Å². The van der Waals surface area contributed by atoms with Gasteiger partial charge in [0, 0.05) is 31.0 Å². The third kappa shape index (κ3) is 4.38. The van der Waals surface area contributed by atoms with E-state index in [4.69, 9.17) is 0 Å². The summed E-state index contributed by atoms with van der Waals surface area (Å²) in [4.78, 5) is 8.02. The zero-order valence-electron chi connectivity index (χ0n) is 14.5. The molecular weight excluding hydrogens is 292 g/mol. The minimum atomic E-state index is 0.517. The normalized spacial score (nSPS) is 36.0. The maximum Gasteiger partial charge on any atom is 0.110 e. The number of likely N-dealkylation sites (tertiary alicyclic amines) is 2. The summed E-state index contributed by atoms with van der Waals surface area (Å²) in [7, 11) is 0. The second kappa shape index (κ2) is 8.34. The lowest BCUT2D eigenvalue weighted by atomic mass is 10.0. The number of nitrogens with zero attached hydrogens (tertiary/aromatic N) is 3. The van der Waals surface area contributed by atoms with E-state index in [2.05, 4.69) is 45.6 Å². The molecule has 0 aromatic rings. The van der Waals surface area contributed by atoms with Gasteiger partial charge in [-0.05, 0) is 52.6 Å². The molecule has 0 aromatic carbocycles. The fraction of sp³-hybridized carbons (Fsp3) is 1.00. The Bertz CT molecular complexity index is 341. The second-order valence-corrected chi connectivity index (χ2v) is 8.41. The van der Waals surface area contributed by atoms with Gasteiger partial charge in [-0.15, -0.1) is 11.8 Å². The predicted octanol–water partition coefficient (Wildman–Crippen LogP) is 2.57. The molecule has 22 heavy (non-hydrogen) atoms. The van der Waals surface area contributed by atoms with E-state index in [1.165, 1.54) is 64.0 Å². The molecular formula is C17H34N4S. The van der Waals surface area contributed by atoms with Gasteiger partial charge in [0.15, 0.2) is 0 Å². The molecule has 3 aliphatic rings. The number of nitrogens with one attached hydrogen (secondary N) is 1. The highest BCUT2D eigenvalue weighted by Crippen LogP contribution is 2.25. The molecule has 5 heteroatoms. The average molecular weight is 327 g/mol. The van der Waals surface area contributed by atoms with E-state index >= 15 is 0 Å². The predicted molar refractivity (Wildman–Crippen MR) is 95.9 cm³/mol. The van der Waals surface area contributed by atoms with Crippen molar-refractivity contribution in [3.05, 3.63) is 0 Å². The van der Waals surface area contributed by atoms with Gasteiger partial charge in [0.25, 0.3) is 0 Å². The van der Waals surface area contributed by atoms with Crippen molar-refractivity contribution in [3.8, 4) is 0 Å². The quantitative estimate of drug-likeness (QED) is 0.836. The fourth-order valence-electron chi connectivity index (χ4n) is 4.00. The molecule has 0 amide bonds. The topological polar surface area (TPSA) is 21.8 Å². The Balaban J connectivity index is 1.45. The van der Waals surface area contributed by atoms with Gasteiger partial charge in [-0.2, -0.15) is 0 Å². The Morgan fingerprint density at radius 2 is 1.55 bits per heavy atom. The third-order valence-electron chi connectivity index (χ3n) is 5.69. The van der Waals surface area contributed by atoms with Crippen LogP contribution in [0, 0.1) is 0 Å². The molecule has 0 saturated carbocycles. The smallest absolute Gasteiger partial charge is 0.110 e. The zero-order chi connectivity index (χ0) is 15.4. The Morgan fingerprint density at radius 1 is 0.864 bits per heavy atom. The highest BCUT2D eigenvalue weighted by Gasteiger charge is 2.29. The van der Waals surface area contributed by atoms with Gasteiger partial charge >= 0.3 is 0 Å². The van der Waals surface area contributed by atoms with Gasteiger partial charge in [0.05, 0.1) is 6.67 Å². The second-order valence-electron chi connectivity index (χ2n) is 7.37. The van der Waals surface area contributed by atoms with Crippen molar-refractivity contribution in [2.24, 2.45) is 0 Å². The summed E-state index contributed by atoms with van der Waals surface area (Å²) in [5.74, 6) is 1.19. The van der Waals surface area contributed by atoms with Crippen LogP contribution in [0.1, 0.15) is 52.4 Å². The molecule has 3 unspecified atom stereocenters. The average Bonchev–Trinajstić information content (AvgIpc) is 2.96. The lowest BCUT2D eigenvalue weighted by molar-refractivity contribution is 0.0815. The van der Waals surface area contributed by atoms with Gasteiger partial charge in [0.2, 0.25) is 0 Å². The van der Waals surface area contributed by atoms with Gasteiger partial charge < -0.3 is 0 Å². The number of rotatable bonds is 5. The van der Waals surface area contributed by atoms with E-state index in [0.29, 0.717) is 5.50 Å². The van der Waals surface area contributed by atoms with Crippen molar-refractivity contribution in [1.29, 1.82) is 0 Å². The van der Waals surface area contributed by atoms with E-state index in [9.17, 15) is 0 Å². The molecule has 128 valence electrons. The summed E-state index contributed by atoms with van der Waals surface area (Å²) in [6.45, 7) is 10.9. The molecule has 3 heterocycles. The summed E-state index contributed by atoms with van der Waals surface area (Å²) >= 11 is 2.11. The zero-order valence-corrected chi connectivity index (χ0v) is 15.3. The van der Waals surface area contributed by atoms with E-state index in [1.807, 2.05) is 0 Å². The standard InChI is InChI=1S/C17H34N4S/c1-15-7-3-5-10-19(15)13-20-12-9-18-17(20)22-14-21-11-6-4-8-16(21)2/h15-18H,3-14H2,1-2H3. The van der Waals surface area contributed by atoms with Gasteiger partial charge in [0.1, 0.15) is 5.50 Å². The van der Waals surface area contributed by atoms with Crippen LogP contribution in [0.15, 0.2) is 0 Å². The first-order valence-electron chi connectivity index (χ1n) is 9.31. The van der Waals surface area contributed by atoms with Crippen LogP contribution in [0.25, 0.3) is 0 Å². The van der Waals surface area contributed by atoms with Crippen LogP contribution in [-0.4, -0.2) is 71.0 Å². The van der Waals surface area contributed by atoms with Gasteiger partial charge in [-0.25, -0.2) is 0 Å². The molecule has 3 rings (SSSR count). The molecule has 3 atom stereocenters. The molecule has 0 aliphatic carbocycles. The first-order valence-corrected chi connectivity index (χ1v) is 10.4. The summed E-state index contributed by atoms with van der Waals surface area (Å²) in [5, 5.41) is 3.70. The van der Waals surface area contributed by atoms with Crippen molar-refractivity contribution >= 4 is 11.8 Å². The van der Waals surface area contributed by atoms with Gasteiger partial charge in [-0.1, -0.05) is 12.8 Å². The molecule has 3 aliphatic heterocycles. The van der Waals surface area contributed by atoms with Crippen molar-refractivity contribution in [1.82, 2.24) is 20.0 Å². The first kappa shape index (κ1) is 17.0. The molecule has 4 nitrogen and oxygen atoms in total. The number of hydrogen-bond donors (Lipinski definition) is 1. The third-order valence-corrected chi connectivity index (χ3v) is 6.95. The largest absolute Gasteiger partial charge is 0.292 e. The number of thioether (sulfide) groups is 1. The molecule has 0 bridgehead atoms. The Kier molecular flexibility index (Phi) is 6.45. The maximum atomic E-state index is 3.70. The SMILES string of the molecule is CC1CCCCN1CSC1NCCN1CN1CCCCC1C. The Labute approximate surface area is 141 Å². The Hall–Kier alpha value is 0.190. The molecule has 1 N–H and O–H groups in total. The summed E-state index contributed by atoms with van der Waals surface area (Å²) in [6.07, 6.45) is 8.37. The monoisotopic (exact) mass is 326 g/mol. The summed E-state index contributed by atoms with van der Waals surface area (Å²) in [6, 6.07) is 1.54. The molecule has 0 aromatic heterocycles. The highest BCUT2D eigenvalue weighted by molar-refractivity contribution is 7.99. The van der Waals surface area contributed by atoms with Crippen molar-refractivity contribution in [2.45, 2.75) is 70.0 Å². The maximum absolute atomic E-state index is 3.70. The van der Waals surface area contributed by atoms with Crippen LogP contribution >= 0.6 is 11.8 Å². The summed E-state index contributed by atoms with van der Waals surface area (Å²) < 4.78 is 0. The fourth-order valence-corrected chi connectivity index (χ4v) is 5.34. The van der Waals surface area contributed by atoms with E-state index < -0.39 is 0 Å². The number of piperidine rings is 2. The van der Waals surface area contributed by atoms with Crippen LogP contribution in [0.2, 0.25) is 0 Å². The Morgan fingerprint density at radius 3 is 2.23 bits per heavy atom. The van der Waals surface area contributed by atoms with Gasteiger partial charge in [-0.3, -0.25) is 20.0 Å². The van der Waals surface area contributed by atoms with E-state index in [-0.39, 0.29) is 0 Å². The number of hydrogen-bond acceptors (Lipinski definition) is 5. The van der Waals surface area contributed by atoms with Crippen LogP contribution < -0.4 is 5.32 Å². The first-order chi connectivity index (χ1) is 10.7. The van der Waals surface area contributed by atoms with Crippen molar-refractivity contribution in [2.75, 3.05) is 38.7 Å². The van der Waals surface area contributed by atoms with Crippen LogP contribution in [0.3, 0.4) is 0 Å². The van der Waals surface area contributed by atoms with E-state index in [0.717, 1.165) is 25.3 Å². The molecule has 3 saturated heterocycles. The lowest BCUT2D eigenvalue weighted by Crippen LogP contribution is -2.48.